The van der Waals surface area contributed by atoms with E-state index in [0.29, 0.717) is 37.4 Å². The number of rotatable bonds is 11. The van der Waals surface area contributed by atoms with Crippen LogP contribution in [-0.4, -0.2) is 35.9 Å². The van der Waals surface area contributed by atoms with Crippen molar-refractivity contribution in [2.45, 2.75) is 20.0 Å². The number of carbonyl (C=O) groups excluding carboxylic acids is 1. The van der Waals surface area contributed by atoms with Crippen molar-refractivity contribution in [2.75, 3.05) is 20.3 Å². The molecule has 7 heteroatoms. The number of hydrogen-bond acceptors (Lipinski definition) is 5. The number of carbonyl (C=O) groups is 1. The van der Waals surface area contributed by atoms with Crippen LogP contribution < -0.4 is 10.1 Å². The molecule has 0 atom stereocenters. The molecule has 0 spiro atoms. The second-order valence-electron chi connectivity index (χ2n) is 8.78. The average molecular weight is 507 g/mol. The van der Waals surface area contributed by atoms with E-state index in [1.165, 1.54) is 5.56 Å². The topological polar surface area (TPSA) is 89.2 Å². The number of methoxy groups -OCH3 is 1. The van der Waals surface area contributed by atoms with Crippen LogP contribution in [0.5, 0.6) is 5.75 Å². The van der Waals surface area contributed by atoms with Crippen molar-refractivity contribution in [1.82, 2.24) is 15.1 Å². The minimum atomic E-state index is -0.429. The lowest BCUT2D eigenvalue weighted by molar-refractivity contribution is -0.117. The maximum absolute atomic E-state index is 12.6. The third-order valence-electron chi connectivity index (χ3n) is 5.89. The molecular weight excluding hydrogens is 476 g/mol. The van der Waals surface area contributed by atoms with Gasteiger partial charge in [-0.15, -0.1) is 0 Å². The molecule has 7 nitrogen and oxygen atoms in total. The van der Waals surface area contributed by atoms with E-state index in [1.807, 2.05) is 66.9 Å². The maximum atomic E-state index is 12.6. The number of para-hydroxylation sites is 1. The fraction of sp³-hybridized carbons (Fsp3) is 0.194. The summed E-state index contributed by atoms with van der Waals surface area (Å²) in [5.74, 6) is 0.309. The Balaban J connectivity index is 1.59. The Labute approximate surface area is 223 Å². The van der Waals surface area contributed by atoms with Crippen molar-refractivity contribution in [3.05, 3.63) is 107 Å². The number of nitriles is 1. The standard InChI is InChI=1S/C31H30N4O3/c1-23-9-11-24(12-10-23)22-38-29-15-13-25(14-16-29)30-27(21-35(34-30)28-7-4-3-5-8-28)19-26(20-32)31(36)33-17-6-18-37-2/h3-5,7-16,19,21H,6,17-18,22H2,1-2H3,(H,33,36). The van der Waals surface area contributed by atoms with Crippen LogP contribution in [0.4, 0.5) is 0 Å². The van der Waals surface area contributed by atoms with Crippen molar-refractivity contribution in [1.29, 1.82) is 5.26 Å². The first-order chi connectivity index (χ1) is 18.6. The average Bonchev–Trinajstić information content (AvgIpc) is 3.38. The van der Waals surface area contributed by atoms with Gasteiger partial charge in [0, 0.05) is 37.6 Å². The van der Waals surface area contributed by atoms with Gasteiger partial charge in [0.25, 0.3) is 5.91 Å². The number of ether oxygens (including phenoxy) is 2. The van der Waals surface area contributed by atoms with Crippen molar-refractivity contribution in [3.63, 3.8) is 0 Å². The van der Waals surface area contributed by atoms with Gasteiger partial charge >= 0.3 is 0 Å². The van der Waals surface area contributed by atoms with Crippen LogP contribution in [0.25, 0.3) is 23.0 Å². The summed E-state index contributed by atoms with van der Waals surface area (Å²) in [6, 6.07) is 27.6. The summed E-state index contributed by atoms with van der Waals surface area (Å²) in [6.07, 6.45) is 4.06. The Morgan fingerprint density at radius 2 is 1.79 bits per heavy atom. The third-order valence-corrected chi connectivity index (χ3v) is 5.89. The van der Waals surface area contributed by atoms with Gasteiger partial charge in [0.05, 0.1) is 11.4 Å². The first-order valence-corrected chi connectivity index (χ1v) is 12.4. The summed E-state index contributed by atoms with van der Waals surface area (Å²) in [6.45, 7) is 3.48. The minimum absolute atomic E-state index is 0.00864. The molecule has 0 fully saturated rings. The van der Waals surface area contributed by atoms with Crippen molar-refractivity contribution < 1.29 is 14.3 Å². The first kappa shape index (κ1) is 26.4. The van der Waals surface area contributed by atoms with Crippen LogP contribution in [0.3, 0.4) is 0 Å². The van der Waals surface area contributed by atoms with Gasteiger partial charge in [-0.2, -0.15) is 10.4 Å². The zero-order chi connectivity index (χ0) is 26.7. The molecule has 4 rings (SSSR count). The minimum Gasteiger partial charge on any atom is -0.489 e. The van der Waals surface area contributed by atoms with Gasteiger partial charge in [-0.3, -0.25) is 4.79 Å². The number of aromatic nitrogens is 2. The molecule has 1 amide bonds. The molecule has 4 aromatic rings. The van der Waals surface area contributed by atoms with Gasteiger partial charge in [0.2, 0.25) is 0 Å². The Bertz CT molecular complexity index is 1420. The summed E-state index contributed by atoms with van der Waals surface area (Å²) in [5, 5.41) is 17.3. The zero-order valence-corrected chi connectivity index (χ0v) is 21.6. The number of amides is 1. The quantitative estimate of drug-likeness (QED) is 0.165. The lowest BCUT2D eigenvalue weighted by Gasteiger charge is -2.08. The molecular formula is C31H30N4O3. The Kier molecular flexibility index (Phi) is 9.06. The van der Waals surface area contributed by atoms with Crippen molar-refractivity contribution in [3.8, 4) is 28.8 Å². The van der Waals surface area contributed by atoms with Crippen molar-refractivity contribution >= 4 is 12.0 Å². The highest BCUT2D eigenvalue weighted by Crippen LogP contribution is 2.28. The van der Waals surface area contributed by atoms with Crippen molar-refractivity contribution in [2.24, 2.45) is 0 Å². The van der Waals surface area contributed by atoms with Gasteiger partial charge < -0.3 is 14.8 Å². The van der Waals surface area contributed by atoms with Gasteiger partial charge in [0.15, 0.2) is 0 Å². The molecule has 0 unspecified atom stereocenters. The lowest BCUT2D eigenvalue weighted by atomic mass is 10.1. The molecule has 1 heterocycles. The number of nitrogens with zero attached hydrogens (tertiary/aromatic N) is 3. The molecule has 1 aromatic heterocycles. The van der Waals surface area contributed by atoms with E-state index >= 15 is 0 Å². The number of aryl methyl sites for hydroxylation is 1. The van der Waals surface area contributed by atoms with Crippen LogP contribution >= 0.6 is 0 Å². The molecule has 0 saturated heterocycles. The van der Waals surface area contributed by atoms with E-state index in [0.717, 1.165) is 22.6 Å². The Hall–Kier alpha value is -4.67. The summed E-state index contributed by atoms with van der Waals surface area (Å²) in [5.41, 5.74) is 5.33. The highest BCUT2D eigenvalue weighted by Gasteiger charge is 2.15. The Morgan fingerprint density at radius 1 is 1.05 bits per heavy atom. The van der Waals surface area contributed by atoms with Gasteiger partial charge in [-0.25, -0.2) is 4.68 Å². The molecule has 38 heavy (non-hydrogen) atoms. The molecule has 192 valence electrons. The van der Waals surface area contributed by atoms with E-state index in [9.17, 15) is 10.1 Å². The Morgan fingerprint density at radius 3 is 2.47 bits per heavy atom. The van der Waals surface area contributed by atoms with Crippen LogP contribution in [0.1, 0.15) is 23.1 Å². The third kappa shape index (κ3) is 6.96. The molecule has 3 aromatic carbocycles. The number of benzene rings is 3. The predicted molar refractivity (Wildman–Crippen MR) is 148 cm³/mol. The van der Waals surface area contributed by atoms with Gasteiger partial charge in [0.1, 0.15) is 24.0 Å². The zero-order valence-electron chi connectivity index (χ0n) is 21.6. The molecule has 0 saturated carbocycles. The monoisotopic (exact) mass is 506 g/mol. The molecule has 1 N–H and O–H groups in total. The van der Waals surface area contributed by atoms with Gasteiger partial charge in [-0.1, -0.05) is 48.0 Å². The molecule has 0 radical (unpaired) electrons. The van der Waals surface area contributed by atoms with Crippen LogP contribution in [-0.2, 0) is 16.1 Å². The number of nitrogens with one attached hydrogen (secondary N) is 1. The van der Waals surface area contributed by atoms with E-state index in [4.69, 9.17) is 14.6 Å². The SMILES string of the molecule is COCCCNC(=O)C(C#N)=Cc1cn(-c2ccccc2)nc1-c1ccc(OCc2ccc(C)cc2)cc1. The molecule has 0 aliphatic heterocycles. The largest absolute Gasteiger partial charge is 0.489 e. The fourth-order valence-corrected chi connectivity index (χ4v) is 3.81. The van der Waals surface area contributed by atoms with E-state index in [1.54, 1.807) is 17.9 Å². The fourth-order valence-electron chi connectivity index (χ4n) is 3.81. The predicted octanol–water partition coefficient (Wildman–Crippen LogP) is 5.49. The molecule has 0 bridgehead atoms. The lowest BCUT2D eigenvalue weighted by Crippen LogP contribution is -2.26. The second kappa shape index (κ2) is 13.0. The summed E-state index contributed by atoms with van der Waals surface area (Å²) < 4.78 is 12.7. The number of hydrogen-bond donors (Lipinski definition) is 1. The second-order valence-corrected chi connectivity index (χ2v) is 8.78. The summed E-state index contributed by atoms with van der Waals surface area (Å²) in [4.78, 5) is 12.6. The summed E-state index contributed by atoms with van der Waals surface area (Å²) >= 11 is 0. The van der Waals surface area contributed by atoms with Crippen LogP contribution in [0, 0.1) is 18.3 Å². The molecule has 0 aliphatic carbocycles. The normalized spacial score (nSPS) is 11.1. The van der Waals surface area contributed by atoms with E-state index in [-0.39, 0.29) is 5.57 Å². The van der Waals surface area contributed by atoms with E-state index < -0.39 is 5.91 Å². The highest BCUT2D eigenvalue weighted by atomic mass is 16.5. The van der Waals surface area contributed by atoms with E-state index in [2.05, 4.69) is 36.5 Å². The van der Waals surface area contributed by atoms with Crippen LogP contribution in [0.15, 0.2) is 90.6 Å². The maximum Gasteiger partial charge on any atom is 0.261 e. The molecule has 0 aliphatic rings. The smallest absolute Gasteiger partial charge is 0.261 e. The first-order valence-electron chi connectivity index (χ1n) is 12.4. The van der Waals surface area contributed by atoms with Crippen LogP contribution in [0.2, 0.25) is 0 Å². The van der Waals surface area contributed by atoms with Gasteiger partial charge in [-0.05, 0) is 61.4 Å². The highest BCUT2D eigenvalue weighted by molar-refractivity contribution is 6.02. The summed E-state index contributed by atoms with van der Waals surface area (Å²) in [7, 11) is 1.61.